The Labute approximate surface area is 118 Å². The quantitative estimate of drug-likeness (QED) is 0.752. The summed E-state index contributed by atoms with van der Waals surface area (Å²) in [7, 11) is 0. The van der Waals surface area contributed by atoms with Gasteiger partial charge in [0, 0.05) is 12.2 Å². The Morgan fingerprint density at radius 3 is 2.75 bits per heavy atom. The molecule has 1 fully saturated rings. The molecule has 0 bridgehead atoms. The number of carbonyl (C=O) groups excluding carboxylic acids is 1. The molecule has 0 spiro atoms. The van der Waals surface area contributed by atoms with Crippen LogP contribution in [0.2, 0.25) is 0 Å². The van der Waals surface area contributed by atoms with E-state index in [0.717, 1.165) is 32.1 Å². The fraction of sp³-hybridized carbons (Fsp3) is 0.643. The van der Waals surface area contributed by atoms with Crippen molar-refractivity contribution in [3.05, 3.63) is 17.5 Å². The van der Waals surface area contributed by atoms with Gasteiger partial charge in [0.2, 0.25) is 5.95 Å². The minimum Gasteiger partial charge on any atom is -0.393 e. The minimum absolute atomic E-state index is 0.179. The number of nitrogens with two attached hydrogens (primary N) is 1. The Hall–Kier alpha value is -1.69. The van der Waals surface area contributed by atoms with Crippen LogP contribution in [0.25, 0.3) is 0 Å². The number of aryl methyl sites for hydroxylation is 1. The summed E-state index contributed by atoms with van der Waals surface area (Å²) in [5.41, 5.74) is 6.43. The summed E-state index contributed by atoms with van der Waals surface area (Å²) in [5.74, 6) is 0.0561. The molecule has 1 heterocycles. The van der Waals surface area contributed by atoms with Crippen LogP contribution in [0.3, 0.4) is 0 Å². The van der Waals surface area contributed by atoms with Gasteiger partial charge in [0.1, 0.15) is 0 Å². The third kappa shape index (κ3) is 3.66. The van der Waals surface area contributed by atoms with Gasteiger partial charge in [-0.05, 0) is 32.1 Å². The number of aliphatic hydroxyl groups is 1. The molecule has 6 nitrogen and oxygen atoms in total. The number of hydrogen-bond acceptors (Lipinski definition) is 5. The lowest BCUT2D eigenvalue weighted by atomic mass is 9.93. The standard InChI is InChI=1S/C14H22N4O2/c1-2-3-12-11(13(15)20)8-16-14(18-12)17-9-4-6-10(19)7-5-9/h8-10,19H,2-7H2,1H3,(H2,15,20)(H,16,17,18). The normalized spacial score (nSPS) is 22.5. The third-order valence-electron chi connectivity index (χ3n) is 3.65. The number of carbonyl (C=O) groups is 1. The predicted octanol–water partition coefficient (Wildman–Crippen LogP) is 1.24. The van der Waals surface area contributed by atoms with Crippen LogP contribution in [-0.4, -0.2) is 33.1 Å². The van der Waals surface area contributed by atoms with Crippen molar-refractivity contribution < 1.29 is 9.90 Å². The summed E-state index contributed by atoms with van der Waals surface area (Å²) in [6.07, 6.45) is 6.35. The monoisotopic (exact) mass is 278 g/mol. The second-order valence-electron chi connectivity index (χ2n) is 5.32. The van der Waals surface area contributed by atoms with Crippen molar-refractivity contribution in [2.24, 2.45) is 5.73 Å². The first-order chi connectivity index (χ1) is 9.60. The number of amides is 1. The molecule has 0 saturated heterocycles. The summed E-state index contributed by atoms with van der Waals surface area (Å²) < 4.78 is 0. The number of hydrogen-bond donors (Lipinski definition) is 3. The second-order valence-corrected chi connectivity index (χ2v) is 5.32. The van der Waals surface area contributed by atoms with Gasteiger partial charge in [0.05, 0.1) is 17.4 Å². The zero-order valence-corrected chi connectivity index (χ0v) is 11.8. The lowest BCUT2D eigenvalue weighted by Crippen LogP contribution is -2.29. The Morgan fingerprint density at radius 1 is 1.45 bits per heavy atom. The highest BCUT2D eigenvalue weighted by Gasteiger charge is 2.20. The SMILES string of the molecule is CCCc1nc(NC2CCC(O)CC2)ncc1C(N)=O. The first-order valence-electron chi connectivity index (χ1n) is 7.20. The number of aliphatic hydroxyl groups excluding tert-OH is 1. The zero-order chi connectivity index (χ0) is 14.5. The third-order valence-corrected chi connectivity index (χ3v) is 3.65. The molecule has 1 aliphatic carbocycles. The molecule has 0 aliphatic heterocycles. The molecule has 0 atom stereocenters. The van der Waals surface area contributed by atoms with Gasteiger partial charge in [-0.25, -0.2) is 9.97 Å². The molecule has 0 radical (unpaired) electrons. The van der Waals surface area contributed by atoms with E-state index in [1.165, 1.54) is 6.20 Å². The van der Waals surface area contributed by atoms with Gasteiger partial charge in [0.15, 0.2) is 0 Å². The van der Waals surface area contributed by atoms with E-state index in [1.54, 1.807) is 0 Å². The van der Waals surface area contributed by atoms with Gasteiger partial charge in [-0.1, -0.05) is 13.3 Å². The second kappa shape index (κ2) is 6.65. The number of nitrogens with one attached hydrogen (secondary N) is 1. The summed E-state index contributed by atoms with van der Waals surface area (Å²) in [6.45, 7) is 2.03. The lowest BCUT2D eigenvalue weighted by molar-refractivity contribution is 0.0998. The number of nitrogens with zero attached hydrogens (tertiary/aromatic N) is 2. The summed E-state index contributed by atoms with van der Waals surface area (Å²) in [4.78, 5) is 19.9. The summed E-state index contributed by atoms with van der Waals surface area (Å²) >= 11 is 0. The van der Waals surface area contributed by atoms with Crippen LogP contribution in [0.15, 0.2) is 6.20 Å². The van der Waals surface area contributed by atoms with E-state index in [9.17, 15) is 9.90 Å². The minimum atomic E-state index is -0.485. The molecule has 20 heavy (non-hydrogen) atoms. The van der Waals surface area contributed by atoms with Gasteiger partial charge in [-0.15, -0.1) is 0 Å². The number of anilines is 1. The van der Waals surface area contributed by atoms with E-state index in [1.807, 2.05) is 6.92 Å². The summed E-state index contributed by atoms with van der Waals surface area (Å²) in [5, 5.41) is 12.8. The van der Waals surface area contributed by atoms with E-state index in [2.05, 4.69) is 15.3 Å². The molecule has 4 N–H and O–H groups in total. The fourth-order valence-corrected chi connectivity index (χ4v) is 2.52. The Morgan fingerprint density at radius 2 is 2.15 bits per heavy atom. The number of rotatable bonds is 5. The fourth-order valence-electron chi connectivity index (χ4n) is 2.52. The van der Waals surface area contributed by atoms with Crippen LogP contribution in [0.4, 0.5) is 5.95 Å². The Kier molecular flexibility index (Phi) is 4.89. The molecular formula is C14H22N4O2. The van der Waals surface area contributed by atoms with Crippen molar-refractivity contribution in [2.75, 3.05) is 5.32 Å². The van der Waals surface area contributed by atoms with Crippen molar-refractivity contribution in [3.63, 3.8) is 0 Å². The van der Waals surface area contributed by atoms with Crippen LogP contribution >= 0.6 is 0 Å². The Bertz CT molecular complexity index is 470. The highest BCUT2D eigenvalue weighted by atomic mass is 16.3. The maximum absolute atomic E-state index is 11.3. The molecule has 1 saturated carbocycles. The van der Waals surface area contributed by atoms with Gasteiger partial charge in [-0.3, -0.25) is 4.79 Å². The molecule has 1 aromatic rings. The van der Waals surface area contributed by atoms with Gasteiger partial charge >= 0.3 is 0 Å². The van der Waals surface area contributed by atoms with Crippen LogP contribution in [-0.2, 0) is 6.42 Å². The van der Waals surface area contributed by atoms with E-state index >= 15 is 0 Å². The highest BCUT2D eigenvalue weighted by Crippen LogP contribution is 2.21. The average Bonchev–Trinajstić information content (AvgIpc) is 2.42. The molecule has 1 aliphatic rings. The van der Waals surface area contributed by atoms with Crippen molar-refractivity contribution in [2.45, 2.75) is 57.6 Å². The highest BCUT2D eigenvalue weighted by molar-refractivity contribution is 5.93. The maximum Gasteiger partial charge on any atom is 0.252 e. The smallest absolute Gasteiger partial charge is 0.252 e. The van der Waals surface area contributed by atoms with Crippen LogP contribution < -0.4 is 11.1 Å². The van der Waals surface area contributed by atoms with Gasteiger partial charge in [0.25, 0.3) is 5.91 Å². The summed E-state index contributed by atoms with van der Waals surface area (Å²) in [6, 6.07) is 0.285. The van der Waals surface area contributed by atoms with Crippen molar-refractivity contribution >= 4 is 11.9 Å². The predicted molar refractivity (Wildman–Crippen MR) is 76.4 cm³/mol. The molecule has 2 rings (SSSR count). The van der Waals surface area contributed by atoms with E-state index in [0.29, 0.717) is 23.6 Å². The molecule has 0 unspecified atom stereocenters. The molecule has 1 amide bonds. The van der Waals surface area contributed by atoms with Crippen LogP contribution in [0.1, 0.15) is 55.1 Å². The van der Waals surface area contributed by atoms with E-state index in [4.69, 9.17) is 5.73 Å². The average molecular weight is 278 g/mol. The molecule has 6 heteroatoms. The largest absolute Gasteiger partial charge is 0.393 e. The molecular weight excluding hydrogens is 256 g/mol. The lowest BCUT2D eigenvalue weighted by Gasteiger charge is -2.26. The molecule has 0 aromatic carbocycles. The van der Waals surface area contributed by atoms with Crippen molar-refractivity contribution in [3.8, 4) is 0 Å². The number of primary amides is 1. The Balaban J connectivity index is 2.08. The maximum atomic E-state index is 11.3. The first kappa shape index (κ1) is 14.7. The zero-order valence-electron chi connectivity index (χ0n) is 11.8. The molecule has 1 aromatic heterocycles. The van der Waals surface area contributed by atoms with Crippen molar-refractivity contribution in [1.29, 1.82) is 0 Å². The van der Waals surface area contributed by atoms with Gasteiger partial charge in [-0.2, -0.15) is 0 Å². The van der Waals surface area contributed by atoms with E-state index in [-0.39, 0.29) is 12.1 Å². The van der Waals surface area contributed by atoms with E-state index < -0.39 is 5.91 Å². The van der Waals surface area contributed by atoms with Crippen molar-refractivity contribution in [1.82, 2.24) is 9.97 Å². The number of aromatic nitrogens is 2. The molecule has 110 valence electrons. The topological polar surface area (TPSA) is 101 Å². The first-order valence-corrected chi connectivity index (χ1v) is 7.20. The van der Waals surface area contributed by atoms with Gasteiger partial charge < -0.3 is 16.2 Å². The van der Waals surface area contributed by atoms with Crippen LogP contribution in [0.5, 0.6) is 0 Å². The van der Waals surface area contributed by atoms with Crippen LogP contribution in [0, 0.1) is 0 Å².